The standard InChI is InChI=1S/C44H53N7O6/c1-23(2)14-38(52)51-25(5)8-13-35(51)42-46-33-12-10-27-17-32-30-11-9-28(16-29(30)22-57-37(32)18-31(27)40(33)48-42)34-19-45-41(47-34)36-15-26(21-55-6)20-50(36)43(53)39(24(3)4)49-44(54)56-7/h9-12,16-19,23-26,35-36,39H,8,13-15,20-22H2,1-7H3,(H,45,47)(H,46,48)(H,49,54)/t25-,26-,35-,36-,39-/m0/s1. The molecule has 2 aromatic heterocycles. The number of hydrogen-bond acceptors (Lipinski definition) is 8. The second kappa shape index (κ2) is 15.5. The van der Waals surface area contributed by atoms with Crippen LogP contribution in [-0.2, 0) is 25.7 Å². The van der Waals surface area contributed by atoms with E-state index in [9.17, 15) is 14.4 Å². The number of aromatic amines is 2. The lowest BCUT2D eigenvalue weighted by Crippen LogP contribution is -2.51. The Labute approximate surface area is 332 Å². The number of carbonyl (C=O) groups excluding carboxylic acids is 3. The molecule has 300 valence electrons. The van der Waals surface area contributed by atoms with Gasteiger partial charge in [-0.1, -0.05) is 45.9 Å². The monoisotopic (exact) mass is 775 g/mol. The SMILES string of the molecule is COC[C@H]1C[C@@H](c2ncc(-c3ccc4c(c3)COc3cc5c(ccc6[nH]c([C@@H]7CC[C@H](C)N7C(=O)CC(C)C)nc65)cc3-4)[nH]2)N(C(=O)[C@@H](NC(=O)OC)C(C)C)C1. The normalized spacial score (nSPS) is 20.9. The number of nitrogens with one attached hydrogen (secondary N) is 3. The van der Waals surface area contributed by atoms with Gasteiger partial charge in [0.1, 0.15) is 30.0 Å². The summed E-state index contributed by atoms with van der Waals surface area (Å²) in [4.78, 5) is 60.2. The lowest BCUT2D eigenvalue weighted by Gasteiger charge is -2.30. The van der Waals surface area contributed by atoms with Crippen molar-refractivity contribution in [1.82, 2.24) is 35.1 Å². The summed E-state index contributed by atoms with van der Waals surface area (Å²) in [5, 5.41) is 4.80. The number of H-pyrrole nitrogens is 2. The van der Waals surface area contributed by atoms with Crippen molar-refractivity contribution in [2.24, 2.45) is 17.8 Å². The van der Waals surface area contributed by atoms with Crippen LogP contribution in [0.4, 0.5) is 4.79 Å². The maximum Gasteiger partial charge on any atom is 0.407 e. The van der Waals surface area contributed by atoms with E-state index in [1.54, 1.807) is 7.11 Å². The maximum absolute atomic E-state index is 13.9. The van der Waals surface area contributed by atoms with Gasteiger partial charge in [0.25, 0.3) is 0 Å². The first-order valence-corrected chi connectivity index (χ1v) is 20.2. The minimum absolute atomic E-state index is 0.0608. The quantitative estimate of drug-likeness (QED) is 0.131. The van der Waals surface area contributed by atoms with Gasteiger partial charge in [0.15, 0.2) is 0 Å². The maximum atomic E-state index is 13.9. The molecule has 0 unspecified atom stereocenters. The fourth-order valence-electron chi connectivity index (χ4n) is 9.07. The minimum atomic E-state index is -0.739. The van der Waals surface area contributed by atoms with Gasteiger partial charge in [-0.3, -0.25) is 9.59 Å². The van der Waals surface area contributed by atoms with Crippen molar-refractivity contribution in [2.75, 3.05) is 27.4 Å². The molecule has 57 heavy (non-hydrogen) atoms. The van der Waals surface area contributed by atoms with Crippen LogP contribution in [0.15, 0.2) is 48.7 Å². The van der Waals surface area contributed by atoms with Gasteiger partial charge in [0.2, 0.25) is 11.8 Å². The smallest absolute Gasteiger partial charge is 0.407 e. The number of alkyl carbamates (subject to hydrolysis) is 1. The zero-order chi connectivity index (χ0) is 40.1. The summed E-state index contributed by atoms with van der Waals surface area (Å²) >= 11 is 0. The summed E-state index contributed by atoms with van der Waals surface area (Å²) in [6, 6.07) is 13.9. The number of imidazole rings is 2. The Hall–Kier alpha value is -5.43. The van der Waals surface area contributed by atoms with Crippen LogP contribution in [0.25, 0.3) is 44.2 Å². The van der Waals surface area contributed by atoms with E-state index in [0.717, 1.165) is 74.2 Å². The number of aromatic nitrogens is 4. The molecule has 0 aliphatic carbocycles. The summed E-state index contributed by atoms with van der Waals surface area (Å²) in [7, 11) is 2.96. The summed E-state index contributed by atoms with van der Waals surface area (Å²) in [5.74, 6) is 2.64. The summed E-state index contributed by atoms with van der Waals surface area (Å²) in [6.45, 7) is 11.5. The van der Waals surface area contributed by atoms with Crippen LogP contribution in [-0.4, -0.2) is 87.1 Å². The first kappa shape index (κ1) is 38.4. The van der Waals surface area contributed by atoms with Crippen molar-refractivity contribution < 1.29 is 28.6 Å². The molecule has 5 atom stereocenters. The van der Waals surface area contributed by atoms with Crippen LogP contribution in [0, 0.1) is 17.8 Å². The molecule has 0 bridgehead atoms. The molecule has 3 aliphatic rings. The third-order valence-corrected chi connectivity index (χ3v) is 11.9. The number of carbonyl (C=O) groups is 3. The van der Waals surface area contributed by atoms with Crippen LogP contribution in [0.5, 0.6) is 5.75 Å². The first-order valence-electron chi connectivity index (χ1n) is 20.2. The Balaban J connectivity index is 1.06. The fraction of sp³-hybridized carbons (Fsp3) is 0.477. The highest BCUT2D eigenvalue weighted by Crippen LogP contribution is 2.44. The highest BCUT2D eigenvalue weighted by Gasteiger charge is 2.42. The van der Waals surface area contributed by atoms with Crippen LogP contribution < -0.4 is 10.1 Å². The van der Waals surface area contributed by atoms with Crippen LogP contribution >= 0.6 is 0 Å². The third-order valence-electron chi connectivity index (χ3n) is 11.9. The number of hydrogen-bond donors (Lipinski definition) is 3. The van der Waals surface area contributed by atoms with E-state index >= 15 is 0 Å². The Kier molecular flexibility index (Phi) is 10.4. The molecule has 3 amide bonds. The lowest BCUT2D eigenvalue weighted by atomic mass is 9.92. The second-order valence-corrected chi connectivity index (χ2v) is 16.8. The van der Waals surface area contributed by atoms with E-state index < -0.39 is 12.1 Å². The van der Waals surface area contributed by atoms with Gasteiger partial charge < -0.3 is 39.3 Å². The first-order chi connectivity index (χ1) is 27.4. The Morgan fingerprint density at radius 3 is 2.56 bits per heavy atom. The molecule has 5 heterocycles. The average molecular weight is 776 g/mol. The molecule has 0 radical (unpaired) electrons. The van der Waals surface area contributed by atoms with Crippen molar-refractivity contribution in [3.05, 3.63) is 65.9 Å². The molecule has 2 fully saturated rings. The van der Waals surface area contributed by atoms with Crippen molar-refractivity contribution in [3.63, 3.8) is 0 Å². The van der Waals surface area contributed by atoms with Gasteiger partial charge >= 0.3 is 6.09 Å². The summed E-state index contributed by atoms with van der Waals surface area (Å²) in [6.07, 6.45) is 4.25. The van der Waals surface area contributed by atoms with Crippen LogP contribution in [0.1, 0.15) is 89.6 Å². The van der Waals surface area contributed by atoms with Gasteiger partial charge in [0.05, 0.1) is 48.7 Å². The van der Waals surface area contributed by atoms with E-state index in [1.807, 2.05) is 29.8 Å². The number of benzene rings is 3. The number of methoxy groups -OCH3 is 2. The average Bonchev–Trinajstić information content (AvgIpc) is 4.01. The van der Waals surface area contributed by atoms with Crippen LogP contribution in [0.2, 0.25) is 0 Å². The number of ether oxygens (including phenoxy) is 3. The van der Waals surface area contributed by atoms with Crippen molar-refractivity contribution in [3.8, 4) is 28.1 Å². The highest BCUT2D eigenvalue weighted by atomic mass is 16.5. The van der Waals surface area contributed by atoms with Gasteiger partial charge in [-0.05, 0) is 84.4 Å². The predicted octanol–water partition coefficient (Wildman–Crippen LogP) is 7.68. The zero-order valence-corrected chi connectivity index (χ0v) is 33.8. The topological polar surface area (TPSA) is 155 Å². The number of amides is 3. The molecule has 0 saturated carbocycles. The van der Waals surface area contributed by atoms with Crippen molar-refractivity contribution in [2.45, 2.75) is 91.1 Å². The molecule has 3 aliphatic heterocycles. The molecular weight excluding hydrogens is 723 g/mol. The second-order valence-electron chi connectivity index (χ2n) is 16.8. The number of nitrogens with zero attached hydrogens (tertiary/aromatic N) is 4. The molecular formula is C44H53N7O6. The molecule has 0 spiro atoms. The Morgan fingerprint density at radius 1 is 0.982 bits per heavy atom. The lowest BCUT2D eigenvalue weighted by molar-refractivity contribution is -0.136. The van der Waals surface area contributed by atoms with Gasteiger partial charge in [0, 0.05) is 43.0 Å². The minimum Gasteiger partial charge on any atom is -0.488 e. The van der Waals surface area contributed by atoms with E-state index in [2.05, 4.69) is 78.5 Å². The highest BCUT2D eigenvalue weighted by molar-refractivity contribution is 6.07. The van der Waals surface area contributed by atoms with Gasteiger partial charge in [-0.15, -0.1) is 0 Å². The van der Waals surface area contributed by atoms with Crippen LogP contribution in [0.3, 0.4) is 0 Å². The summed E-state index contributed by atoms with van der Waals surface area (Å²) in [5.41, 5.74) is 6.83. The zero-order valence-electron chi connectivity index (χ0n) is 33.8. The molecule has 8 rings (SSSR count). The van der Waals surface area contributed by atoms with Crippen molar-refractivity contribution >= 4 is 39.7 Å². The summed E-state index contributed by atoms with van der Waals surface area (Å²) < 4.78 is 16.7. The van der Waals surface area contributed by atoms with E-state index in [-0.39, 0.29) is 41.8 Å². The van der Waals surface area contributed by atoms with E-state index in [0.29, 0.717) is 44.3 Å². The number of likely N-dealkylation sites (tertiary alicyclic amines) is 2. The van der Waals surface area contributed by atoms with E-state index in [1.165, 1.54) is 7.11 Å². The molecule has 3 N–H and O–H groups in total. The van der Waals surface area contributed by atoms with E-state index in [4.69, 9.17) is 24.2 Å². The number of rotatable bonds is 10. The Bertz CT molecular complexity index is 2330. The predicted molar refractivity (Wildman–Crippen MR) is 217 cm³/mol. The fourth-order valence-corrected chi connectivity index (χ4v) is 9.07. The molecule has 2 saturated heterocycles. The van der Waals surface area contributed by atoms with Crippen molar-refractivity contribution in [1.29, 1.82) is 0 Å². The number of fused-ring (bicyclic) bond motifs is 6. The van der Waals surface area contributed by atoms with Gasteiger partial charge in [-0.2, -0.15) is 0 Å². The molecule has 13 heteroatoms. The molecule has 13 nitrogen and oxygen atoms in total. The van der Waals surface area contributed by atoms with Gasteiger partial charge in [-0.25, -0.2) is 14.8 Å². The Morgan fingerprint density at radius 2 is 1.81 bits per heavy atom. The third kappa shape index (κ3) is 7.22. The molecule has 5 aromatic rings. The molecule has 3 aromatic carbocycles. The largest absolute Gasteiger partial charge is 0.488 e.